The Bertz CT molecular complexity index is 1400. The highest BCUT2D eigenvalue weighted by atomic mass is 19.1. The molecule has 0 unspecified atom stereocenters. The van der Waals surface area contributed by atoms with Crippen molar-refractivity contribution in [1.82, 2.24) is 39.1 Å². The van der Waals surface area contributed by atoms with E-state index in [1.807, 2.05) is 9.13 Å². The molecule has 1 saturated carbocycles. The summed E-state index contributed by atoms with van der Waals surface area (Å²) in [6.45, 7) is 4.46. The summed E-state index contributed by atoms with van der Waals surface area (Å²) >= 11 is 0. The van der Waals surface area contributed by atoms with Gasteiger partial charge in [-0.3, -0.25) is 4.68 Å². The van der Waals surface area contributed by atoms with Crippen LogP contribution in [0.1, 0.15) is 45.4 Å². The van der Waals surface area contributed by atoms with Crippen LogP contribution < -0.4 is 5.32 Å². The second-order valence-corrected chi connectivity index (χ2v) is 9.89. The number of anilines is 2. The van der Waals surface area contributed by atoms with Crippen LogP contribution in [0, 0.1) is 5.82 Å². The molecule has 182 valence electrons. The maximum absolute atomic E-state index is 16.0. The number of halogens is 2. The molecule has 0 atom stereocenters. The first kappa shape index (κ1) is 21.9. The van der Waals surface area contributed by atoms with Crippen molar-refractivity contribution in [3.8, 4) is 22.8 Å². The first-order chi connectivity index (χ1) is 16.8. The highest BCUT2D eigenvalue weighted by Gasteiger charge is 2.55. The Morgan fingerprint density at radius 1 is 1.09 bits per heavy atom. The average molecular weight is 480 g/mol. The van der Waals surface area contributed by atoms with Gasteiger partial charge in [0.25, 0.3) is 0 Å². The minimum atomic E-state index is -1.44. The number of alkyl halides is 1. The Morgan fingerprint density at radius 3 is 2.60 bits per heavy atom. The number of rotatable bonds is 5. The lowest BCUT2D eigenvalue weighted by Crippen LogP contribution is -2.51. The molecule has 11 heteroatoms. The highest BCUT2D eigenvalue weighted by molar-refractivity contribution is 5.69. The van der Waals surface area contributed by atoms with Crippen molar-refractivity contribution in [1.29, 1.82) is 0 Å². The summed E-state index contributed by atoms with van der Waals surface area (Å²) in [4.78, 5) is 8.79. The lowest BCUT2D eigenvalue weighted by molar-refractivity contribution is 0.0172. The molecule has 1 fully saturated rings. The quantitative estimate of drug-likeness (QED) is 0.456. The molecule has 5 heterocycles. The fraction of sp³-hybridized carbons (Fsp3) is 0.458. The van der Waals surface area contributed by atoms with E-state index in [9.17, 15) is 0 Å². The van der Waals surface area contributed by atoms with Crippen LogP contribution in [0.5, 0.6) is 0 Å². The zero-order chi connectivity index (χ0) is 24.4. The van der Waals surface area contributed by atoms with E-state index in [2.05, 4.69) is 30.6 Å². The second-order valence-electron chi connectivity index (χ2n) is 9.89. The number of nitrogens with zero attached hydrogens (tertiary/aromatic N) is 8. The van der Waals surface area contributed by atoms with Gasteiger partial charge in [0, 0.05) is 38.6 Å². The lowest BCUT2D eigenvalue weighted by atomic mass is 9.60. The molecule has 0 aromatic carbocycles. The minimum Gasteiger partial charge on any atom is -0.342 e. The molecular formula is C24H27F2N9. The van der Waals surface area contributed by atoms with Crippen molar-refractivity contribution in [3.63, 3.8) is 0 Å². The van der Waals surface area contributed by atoms with Crippen LogP contribution in [0.25, 0.3) is 22.8 Å². The van der Waals surface area contributed by atoms with E-state index >= 15 is 8.78 Å². The van der Waals surface area contributed by atoms with Crippen LogP contribution in [0.2, 0.25) is 0 Å². The topological polar surface area (TPSA) is 91.3 Å². The molecule has 4 aromatic rings. The maximum Gasteiger partial charge on any atom is 0.228 e. The smallest absolute Gasteiger partial charge is 0.228 e. The van der Waals surface area contributed by atoms with E-state index in [1.165, 1.54) is 0 Å². The van der Waals surface area contributed by atoms with Crippen LogP contribution in [-0.4, -0.2) is 44.7 Å². The first-order valence-electron chi connectivity index (χ1n) is 11.9. The van der Waals surface area contributed by atoms with E-state index in [4.69, 9.17) is 0 Å². The predicted molar refractivity (Wildman–Crippen MR) is 126 cm³/mol. The summed E-state index contributed by atoms with van der Waals surface area (Å²) < 4.78 is 36.8. The van der Waals surface area contributed by atoms with E-state index in [-0.39, 0.29) is 0 Å². The summed E-state index contributed by atoms with van der Waals surface area (Å²) in [7, 11) is 1.80. The largest absolute Gasteiger partial charge is 0.342 e. The molecule has 0 amide bonds. The molecule has 4 aromatic heterocycles. The molecule has 2 aliphatic rings. The summed E-state index contributed by atoms with van der Waals surface area (Å²) in [6.07, 6.45) is 8.18. The van der Waals surface area contributed by atoms with Gasteiger partial charge in [-0.2, -0.15) is 5.10 Å². The van der Waals surface area contributed by atoms with Crippen molar-refractivity contribution < 1.29 is 8.78 Å². The van der Waals surface area contributed by atoms with Crippen molar-refractivity contribution in [2.75, 3.05) is 5.32 Å². The number of aryl methyl sites for hydroxylation is 2. The highest BCUT2D eigenvalue weighted by Crippen LogP contribution is 2.53. The fourth-order valence-electron chi connectivity index (χ4n) is 5.35. The van der Waals surface area contributed by atoms with E-state index in [0.29, 0.717) is 47.6 Å². The van der Waals surface area contributed by atoms with Crippen LogP contribution in [0.3, 0.4) is 0 Å². The Balaban J connectivity index is 1.41. The number of hydrogen-bond donors (Lipinski definition) is 1. The van der Waals surface area contributed by atoms with Crippen LogP contribution in [0.4, 0.5) is 20.5 Å². The molecule has 35 heavy (non-hydrogen) atoms. The molecule has 0 bridgehead atoms. The van der Waals surface area contributed by atoms with Gasteiger partial charge in [-0.05, 0) is 39.2 Å². The molecule has 6 rings (SSSR count). The van der Waals surface area contributed by atoms with Crippen molar-refractivity contribution >= 4 is 11.8 Å². The van der Waals surface area contributed by atoms with E-state index in [1.54, 1.807) is 56.3 Å². The predicted octanol–water partition coefficient (Wildman–Crippen LogP) is 4.39. The number of nitrogens with one attached hydrogen (secondary N) is 1. The molecule has 0 radical (unpaired) electrons. The zero-order valence-electron chi connectivity index (χ0n) is 20.0. The standard InChI is InChI=1S/C24H27F2N9/c1-23(2,26)24(8-4-9-24)21-32-31-20-19-18(25)15(14-34(19)12-5-13-35(20)21)16-6-10-27-22(29-16)30-17-7-11-28-33(17)3/h6-7,10-11,14H,4-5,8-9,12-13H2,1-3H3,(H,27,29,30). The van der Waals surface area contributed by atoms with Gasteiger partial charge >= 0.3 is 0 Å². The number of hydrogen-bond acceptors (Lipinski definition) is 6. The molecule has 1 aliphatic heterocycles. The third-order valence-corrected chi connectivity index (χ3v) is 7.53. The molecule has 0 saturated heterocycles. The third-order valence-electron chi connectivity index (χ3n) is 7.53. The summed E-state index contributed by atoms with van der Waals surface area (Å²) in [6, 6.07) is 3.48. The van der Waals surface area contributed by atoms with Crippen molar-refractivity contribution in [2.45, 2.75) is 63.7 Å². The van der Waals surface area contributed by atoms with Gasteiger partial charge < -0.3 is 14.5 Å². The van der Waals surface area contributed by atoms with Gasteiger partial charge in [0.05, 0.1) is 22.9 Å². The molecule has 0 spiro atoms. The van der Waals surface area contributed by atoms with E-state index in [0.717, 1.165) is 31.5 Å². The number of aromatic nitrogens is 8. The number of fused-ring (bicyclic) bond motifs is 3. The maximum atomic E-state index is 16.0. The Kier molecular flexibility index (Phi) is 4.81. The van der Waals surface area contributed by atoms with Crippen molar-refractivity contribution in [3.05, 3.63) is 42.4 Å². The Labute approximate surface area is 201 Å². The fourth-order valence-corrected chi connectivity index (χ4v) is 5.35. The molecular weight excluding hydrogens is 452 g/mol. The van der Waals surface area contributed by atoms with Gasteiger partial charge in [-0.1, -0.05) is 6.42 Å². The van der Waals surface area contributed by atoms with Gasteiger partial charge in [-0.25, -0.2) is 18.7 Å². The zero-order valence-corrected chi connectivity index (χ0v) is 20.0. The average Bonchev–Trinajstić information content (AvgIpc) is 3.42. The van der Waals surface area contributed by atoms with E-state index < -0.39 is 16.9 Å². The Morgan fingerprint density at radius 2 is 1.91 bits per heavy atom. The van der Waals surface area contributed by atoms with Gasteiger partial charge in [0.15, 0.2) is 11.6 Å². The molecule has 1 aliphatic carbocycles. The monoisotopic (exact) mass is 479 g/mol. The summed E-state index contributed by atoms with van der Waals surface area (Å²) in [5.74, 6) is 1.72. The van der Waals surface area contributed by atoms with Gasteiger partial charge in [0.2, 0.25) is 5.95 Å². The van der Waals surface area contributed by atoms with Gasteiger partial charge in [-0.15, -0.1) is 10.2 Å². The summed E-state index contributed by atoms with van der Waals surface area (Å²) in [5, 5.41) is 16.1. The van der Waals surface area contributed by atoms with Crippen LogP contribution >= 0.6 is 0 Å². The first-order valence-corrected chi connectivity index (χ1v) is 11.9. The normalized spacial score (nSPS) is 16.8. The SMILES string of the molecule is Cn1nccc1Nc1nccc(-c2cn3c(c2F)-c2nnc(C4(C(C)(C)F)CCC4)n2CCC3)n1. The van der Waals surface area contributed by atoms with Crippen LogP contribution in [0.15, 0.2) is 30.7 Å². The second kappa shape index (κ2) is 7.69. The lowest BCUT2D eigenvalue weighted by Gasteiger charge is -2.47. The molecule has 1 N–H and O–H groups in total. The Hall–Kier alpha value is -3.63. The minimum absolute atomic E-state index is 0.342. The third kappa shape index (κ3) is 3.28. The molecule has 9 nitrogen and oxygen atoms in total. The van der Waals surface area contributed by atoms with Crippen molar-refractivity contribution in [2.24, 2.45) is 7.05 Å². The summed E-state index contributed by atoms with van der Waals surface area (Å²) in [5.41, 5.74) is -0.946. The van der Waals surface area contributed by atoms with Gasteiger partial charge in [0.1, 0.15) is 23.0 Å². The van der Waals surface area contributed by atoms with Crippen LogP contribution in [-0.2, 0) is 25.6 Å².